The maximum absolute atomic E-state index is 15.0. The number of halogens is 3. The number of pyridine rings is 8. The van der Waals surface area contributed by atoms with Gasteiger partial charge in [0, 0.05) is 197 Å². The molecule has 0 aliphatic carbocycles. The van der Waals surface area contributed by atoms with Gasteiger partial charge in [-0.05, 0) is 158 Å². The van der Waals surface area contributed by atoms with E-state index >= 15 is 4.39 Å². The molecule has 0 bridgehead atoms. The van der Waals surface area contributed by atoms with Gasteiger partial charge in [-0.3, -0.25) is 19.2 Å². The Kier molecular flexibility index (Phi) is 39.0. The largest absolute Gasteiger partial charge is 0.497 e. The van der Waals surface area contributed by atoms with Crippen molar-refractivity contribution in [3.8, 4) is 79.5 Å². The van der Waals surface area contributed by atoms with Gasteiger partial charge in [0.25, 0.3) is 0 Å². The van der Waals surface area contributed by atoms with E-state index in [4.69, 9.17) is 73.9 Å². The fourth-order valence-corrected chi connectivity index (χ4v) is 17.3. The molecule has 12 heterocycles. The highest BCUT2D eigenvalue weighted by molar-refractivity contribution is 6.35. The smallest absolute Gasteiger partial charge is 0.174 e. The predicted octanol–water partition coefficient (Wildman–Crippen LogP) is 15.8. The molecular weight excluding hydrogens is 1880 g/mol. The van der Waals surface area contributed by atoms with Gasteiger partial charge in [0.1, 0.15) is 69.5 Å². The van der Waals surface area contributed by atoms with E-state index in [1.165, 1.54) is 38.5 Å². The van der Waals surface area contributed by atoms with Crippen molar-refractivity contribution < 1.29 is 80.4 Å². The second-order valence-corrected chi connectivity index (χ2v) is 36.4. The Balaban J connectivity index is 0.000000162. The number of aromatic nitrogens is 8. The van der Waals surface area contributed by atoms with Gasteiger partial charge in [-0.1, -0.05) is 50.0 Å². The highest BCUT2D eigenvalue weighted by atomic mass is 35.5. The van der Waals surface area contributed by atoms with Crippen LogP contribution in [0.1, 0.15) is 25.7 Å². The van der Waals surface area contributed by atoms with E-state index in [1.54, 1.807) is 89.4 Å². The van der Waals surface area contributed by atoms with Crippen LogP contribution in [0.4, 0.5) is 55.3 Å². The molecule has 12 aromatic rings. The van der Waals surface area contributed by atoms with Gasteiger partial charge in [-0.2, -0.15) is 0 Å². The number of carbonyl (C=O) groups is 4. The van der Waals surface area contributed by atoms with E-state index in [0.717, 1.165) is 86.3 Å². The maximum atomic E-state index is 15.0. The predicted molar refractivity (Wildman–Crippen MR) is 567 cm³/mol. The maximum Gasteiger partial charge on any atom is 0.174 e. The number of carbonyl (C=O) groups excluding carboxylic acids is 4. The van der Waals surface area contributed by atoms with Crippen LogP contribution in [0.3, 0.4) is 0 Å². The summed E-state index contributed by atoms with van der Waals surface area (Å²) in [5.41, 5.74) is 4.59. The van der Waals surface area contributed by atoms with Gasteiger partial charge >= 0.3 is 0 Å². The van der Waals surface area contributed by atoms with Crippen molar-refractivity contribution in [3.05, 3.63) is 207 Å². The number of hydrogen-bond donors (Lipinski definition) is 9. The molecule has 4 aromatic carbocycles. The molecule has 145 heavy (non-hydrogen) atoms. The quantitative estimate of drug-likeness (QED) is 0.0160. The summed E-state index contributed by atoms with van der Waals surface area (Å²) in [7, 11) is 21.4. The Hall–Kier alpha value is -14.2. The van der Waals surface area contributed by atoms with E-state index in [-0.39, 0.29) is 95.6 Å². The summed E-state index contributed by atoms with van der Waals surface area (Å²) in [6.07, 6.45) is 14.0. The molecular formula is C108H128ClF2N19O15. The number of aliphatic hydroxyl groups is 1. The molecule has 0 saturated carbocycles. The molecule has 4 saturated heterocycles. The monoisotopic (exact) mass is 2000 g/mol. The molecule has 9 N–H and O–H groups in total. The normalized spacial score (nSPS) is 17.2. The van der Waals surface area contributed by atoms with Gasteiger partial charge in [0.05, 0.1) is 154 Å². The van der Waals surface area contributed by atoms with Crippen LogP contribution in [0, 0.1) is 35.3 Å². The van der Waals surface area contributed by atoms with Crippen molar-refractivity contribution in [3.63, 3.8) is 0 Å². The lowest BCUT2D eigenvalue weighted by Gasteiger charge is -2.20. The average molecular weight is 2010 g/mol. The topological polar surface area (TPSA) is 390 Å². The Morgan fingerprint density at radius 3 is 0.979 bits per heavy atom. The number of hydrogen-bond acceptors (Lipinski definition) is 34. The Bertz CT molecular complexity index is 6560. The molecule has 8 aromatic heterocycles. The summed E-state index contributed by atoms with van der Waals surface area (Å²) in [6.45, 7) is 23.1. The molecule has 766 valence electrons. The molecule has 0 amide bonds. The molecule has 0 spiro atoms. The Morgan fingerprint density at radius 2 is 0.683 bits per heavy atom. The van der Waals surface area contributed by atoms with Crippen LogP contribution >= 0.6 is 11.6 Å². The number of nitrogens with one attached hydrogen (secondary N) is 8. The summed E-state index contributed by atoms with van der Waals surface area (Å²) in [6, 6.07) is 34.4. The number of benzene rings is 4. The van der Waals surface area contributed by atoms with E-state index in [1.807, 2.05) is 121 Å². The minimum absolute atomic E-state index is 0.00217. The number of ether oxygens (including phenoxy) is 10. The lowest BCUT2D eigenvalue weighted by molar-refractivity contribution is -0.116. The first-order valence-electron chi connectivity index (χ1n) is 47.7. The van der Waals surface area contributed by atoms with Crippen LogP contribution in [0.25, 0.3) is 88.1 Å². The van der Waals surface area contributed by atoms with Crippen LogP contribution < -0.4 is 71.0 Å². The van der Waals surface area contributed by atoms with Crippen LogP contribution in [-0.2, 0) is 38.1 Å². The number of aliphatic hydroxyl groups excluding tert-OH is 1. The zero-order chi connectivity index (χ0) is 103. The van der Waals surface area contributed by atoms with E-state index in [0.29, 0.717) is 194 Å². The molecule has 34 nitrogen and oxygen atoms in total. The number of methoxy groups -OCH3 is 6. The lowest BCUT2D eigenvalue weighted by atomic mass is 9.97. The number of anilines is 8. The van der Waals surface area contributed by atoms with Crippen molar-refractivity contribution in [2.75, 3.05) is 233 Å². The molecule has 37 heteroatoms. The number of likely N-dealkylation sites (N-methyl/N-ethyl adjacent to an activating group) is 3. The van der Waals surface area contributed by atoms with Crippen molar-refractivity contribution in [1.29, 1.82) is 0 Å². The number of fused-ring (bicyclic) bond motifs is 4. The Morgan fingerprint density at radius 1 is 0.386 bits per heavy atom. The standard InChI is InChI=1S/C28H34ClN5O4.C28H35N5O4.C27H32FN5O3.C25H27FN4O4/c1-6-19(35)9-18-15-38-16-24(18)32-26-13-21-17(14-31-26)10-23(33-28(21)30-7-8-34(2)3)22-11-20(36-4)12-25(37-5)27(22)29;1-6-21(34)9-20-16-37-17-26(20)31-27-14-24-19(15-30-27)12-25(32-28(24)29-7-8-33(2)3)18-10-22(35-4)13-23(11-18)36-5;1-5-19(34)11-18-15-36-16-23(18)31-25-13-21-17(14-30-25)12-22(32-27(21)29-9-10-33(2)3)20-7-6-8-24(35-4)26(20)28;1-3-17(32)9-16-13-34-14-21(16)29-23-11-19-15(12-28-23)10-20(30-25(19)27-7-8-31)18-5-4-6-22(33-2)24(18)26/h6,10-14,18,24H,1,7-9,15-16H2,2-5H3,(H,30,33)(H,31,32);6,10-15,20,26H,1,7-9,16-17H2,2-5H3,(H,29,32)(H,30,31);5-8,12-14,18,23H,1,9-11,15-16H2,2-4H3,(H,29,32)(H,30,31);3-6,10-12,16,21,31H,1,7-9,13-14H2,2H3,(H,27,30)(H,28,29)/t18-,24+;20-,26+;18-,23+;16-,21+/m0000/s1. The molecule has 0 unspecified atom stereocenters. The van der Waals surface area contributed by atoms with Gasteiger partial charge in [-0.15, -0.1) is 0 Å². The number of nitrogens with zero attached hydrogens (tertiary/aromatic N) is 11. The number of ketones is 4. The van der Waals surface area contributed by atoms with Crippen molar-refractivity contribution in [1.82, 2.24) is 54.6 Å². The third-order valence-corrected chi connectivity index (χ3v) is 25.4. The first-order valence-corrected chi connectivity index (χ1v) is 48.1. The summed E-state index contributed by atoms with van der Waals surface area (Å²) >= 11 is 6.69. The number of allylic oxidation sites excluding steroid dienone is 4. The highest BCUT2D eigenvalue weighted by Crippen LogP contribution is 2.43. The minimum Gasteiger partial charge on any atom is -0.497 e. The van der Waals surface area contributed by atoms with Crippen LogP contribution in [0.5, 0.6) is 34.5 Å². The van der Waals surface area contributed by atoms with Crippen LogP contribution in [0.2, 0.25) is 5.02 Å². The average Bonchev–Trinajstić information content (AvgIpc) is 1.78. The first-order chi connectivity index (χ1) is 70.1. The van der Waals surface area contributed by atoms with Crippen LogP contribution in [0.15, 0.2) is 191 Å². The molecule has 8 atom stereocenters. The second-order valence-electron chi connectivity index (χ2n) is 36.1. The summed E-state index contributed by atoms with van der Waals surface area (Å²) < 4.78 is 84.5. The minimum atomic E-state index is -0.502. The van der Waals surface area contributed by atoms with Gasteiger partial charge < -0.3 is 110 Å². The van der Waals surface area contributed by atoms with E-state index in [9.17, 15) is 28.7 Å². The van der Waals surface area contributed by atoms with Gasteiger partial charge in [0.2, 0.25) is 0 Å². The molecule has 4 fully saturated rings. The van der Waals surface area contributed by atoms with Gasteiger partial charge in [0.15, 0.2) is 46.3 Å². The van der Waals surface area contributed by atoms with E-state index in [2.05, 4.69) is 108 Å². The zero-order valence-corrected chi connectivity index (χ0v) is 84.6. The lowest BCUT2D eigenvalue weighted by Crippen LogP contribution is -2.29. The van der Waals surface area contributed by atoms with Crippen molar-refractivity contribution >= 4 is 124 Å². The Labute approximate surface area is 847 Å². The van der Waals surface area contributed by atoms with Gasteiger partial charge in [-0.25, -0.2) is 48.7 Å². The summed E-state index contributed by atoms with van der Waals surface area (Å²) in [5, 5.41) is 43.9. The SMILES string of the molecule is C=CC(=O)C[C@H]1COC[C@H]1Nc1cc2c(NCCN(C)C)nc(-c3cc(OC)cc(OC)c3)cc2cn1.C=CC(=O)C[C@H]1COC[C@H]1Nc1cc2c(NCCN(C)C)nc(-c3cc(OC)cc(OC)c3Cl)cc2cn1.C=CC(=O)C[C@H]1COC[C@H]1Nc1cc2c(NCCN(C)C)nc(-c3cccc(OC)c3F)cc2cn1.C=CC(=O)C[C@H]1COC[C@H]1Nc1cc2c(NCCO)nc(-c3cccc(OC)c3F)cc2cn1. The highest BCUT2D eigenvalue weighted by Gasteiger charge is 2.35. The second kappa shape index (κ2) is 52.3. The van der Waals surface area contributed by atoms with Crippen LogP contribution in [-0.4, -0.2) is 297 Å². The fraction of sp³-hybridized carbons (Fsp3) is 0.370. The third-order valence-electron chi connectivity index (χ3n) is 25.0. The summed E-state index contributed by atoms with van der Waals surface area (Å²) in [4.78, 5) is 91.6. The van der Waals surface area contributed by atoms with Crippen molar-refractivity contribution in [2.24, 2.45) is 23.7 Å². The zero-order valence-electron chi connectivity index (χ0n) is 83.9. The summed E-state index contributed by atoms with van der Waals surface area (Å²) in [5.74, 6) is 7.32. The number of rotatable bonds is 45. The molecule has 16 rings (SSSR count). The fourth-order valence-electron chi connectivity index (χ4n) is 17.0. The van der Waals surface area contributed by atoms with Crippen molar-refractivity contribution in [2.45, 2.75) is 49.9 Å². The first kappa shape index (κ1) is 108. The molecule has 4 aliphatic heterocycles. The molecule has 4 aliphatic rings. The van der Waals surface area contributed by atoms with E-state index < -0.39 is 11.6 Å². The molecule has 0 radical (unpaired) electrons. The third kappa shape index (κ3) is 28.7.